The molecule has 2 aromatic carbocycles. The Kier molecular flexibility index (Phi) is 11.1. The first-order valence-electron chi connectivity index (χ1n) is 11.9. The molecule has 0 aromatic heterocycles. The minimum absolute atomic E-state index is 0.0667. The summed E-state index contributed by atoms with van der Waals surface area (Å²) in [5.74, 6) is -1.57. The van der Waals surface area contributed by atoms with Crippen molar-refractivity contribution in [2.24, 2.45) is 5.73 Å². The molecule has 11 nitrogen and oxygen atoms in total. The predicted octanol–water partition coefficient (Wildman–Crippen LogP) is 4.19. The third-order valence-corrected chi connectivity index (χ3v) is 4.96. The molecular formula is C27H33NO10. The zero-order valence-corrected chi connectivity index (χ0v) is 22.1. The van der Waals surface area contributed by atoms with Crippen LogP contribution in [0, 0.1) is 0 Å². The molecule has 0 fully saturated rings. The summed E-state index contributed by atoms with van der Waals surface area (Å²) in [6.07, 6.45) is -3.09. The maximum Gasteiger partial charge on any atom is 0.514 e. The second-order valence-electron chi connectivity index (χ2n) is 8.89. The maximum atomic E-state index is 12.6. The Balaban J connectivity index is 2.24. The Morgan fingerprint density at radius 1 is 0.842 bits per heavy atom. The van der Waals surface area contributed by atoms with Crippen LogP contribution in [0.25, 0.3) is 0 Å². The van der Waals surface area contributed by atoms with E-state index in [1.165, 1.54) is 25.3 Å². The van der Waals surface area contributed by atoms with Crippen molar-refractivity contribution in [3.8, 4) is 11.5 Å². The lowest BCUT2D eigenvalue weighted by molar-refractivity contribution is -0.147. The van der Waals surface area contributed by atoms with Crippen molar-refractivity contribution in [1.82, 2.24) is 0 Å². The number of ether oxygens (including phenoxy) is 6. The van der Waals surface area contributed by atoms with E-state index in [-0.39, 0.29) is 30.9 Å². The van der Waals surface area contributed by atoms with Gasteiger partial charge in [0.1, 0.15) is 5.54 Å². The number of hydrogen-bond acceptors (Lipinski definition) is 11. The molecule has 38 heavy (non-hydrogen) atoms. The maximum absolute atomic E-state index is 12.6. The fourth-order valence-corrected chi connectivity index (χ4v) is 3.25. The van der Waals surface area contributed by atoms with Crippen molar-refractivity contribution in [2.45, 2.75) is 58.3 Å². The first-order chi connectivity index (χ1) is 17.9. The molecule has 11 heteroatoms. The van der Waals surface area contributed by atoms with Crippen molar-refractivity contribution in [2.75, 3.05) is 13.7 Å². The summed E-state index contributed by atoms with van der Waals surface area (Å²) >= 11 is 0. The number of carbonyl (C=O) groups excluding carboxylic acids is 4. The molecule has 0 heterocycles. The van der Waals surface area contributed by atoms with E-state index in [9.17, 15) is 19.2 Å². The number of esters is 2. The Hall–Kier alpha value is -4.12. The van der Waals surface area contributed by atoms with E-state index >= 15 is 0 Å². The minimum atomic E-state index is -1.60. The van der Waals surface area contributed by atoms with Crippen LogP contribution >= 0.6 is 0 Å². The number of benzene rings is 2. The molecule has 0 spiro atoms. The van der Waals surface area contributed by atoms with Crippen LogP contribution in [-0.2, 0) is 30.2 Å². The smallest absolute Gasteiger partial charge is 0.468 e. The lowest BCUT2D eigenvalue weighted by Gasteiger charge is -2.26. The molecule has 1 atom stereocenters. The van der Waals surface area contributed by atoms with Gasteiger partial charge in [-0.3, -0.25) is 4.79 Å². The molecule has 0 radical (unpaired) electrons. The Morgan fingerprint density at radius 2 is 1.42 bits per heavy atom. The number of hydrogen-bond donors (Lipinski definition) is 1. The van der Waals surface area contributed by atoms with Crippen LogP contribution in [0.2, 0.25) is 0 Å². The van der Waals surface area contributed by atoms with Crippen LogP contribution < -0.4 is 15.2 Å². The number of nitrogens with two attached hydrogens (primary N) is 1. The highest BCUT2D eigenvalue weighted by Crippen LogP contribution is 2.31. The molecule has 0 saturated carbocycles. The monoisotopic (exact) mass is 531 g/mol. The van der Waals surface area contributed by atoms with Gasteiger partial charge in [0.2, 0.25) is 0 Å². The number of rotatable bonds is 11. The average Bonchev–Trinajstić information content (AvgIpc) is 2.84. The molecule has 0 amide bonds. The lowest BCUT2D eigenvalue weighted by Crippen LogP contribution is -2.51. The van der Waals surface area contributed by atoms with Crippen molar-refractivity contribution in [3.05, 3.63) is 59.7 Å². The second kappa shape index (κ2) is 14.0. The van der Waals surface area contributed by atoms with E-state index in [2.05, 4.69) is 0 Å². The topological polar surface area (TPSA) is 150 Å². The summed E-state index contributed by atoms with van der Waals surface area (Å²) in [6.45, 7) is 6.41. The molecular weight excluding hydrogens is 498 g/mol. The lowest BCUT2D eigenvalue weighted by atomic mass is 9.88. The molecule has 2 rings (SSSR count). The molecule has 0 aliphatic rings. The molecule has 206 valence electrons. The van der Waals surface area contributed by atoms with Crippen LogP contribution in [0.15, 0.2) is 48.5 Å². The average molecular weight is 532 g/mol. The van der Waals surface area contributed by atoms with Gasteiger partial charge in [-0.15, -0.1) is 0 Å². The fraction of sp³-hybridized carbons (Fsp3) is 0.407. The molecule has 0 bridgehead atoms. The van der Waals surface area contributed by atoms with Gasteiger partial charge in [0.15, 0.2) is 11.5 Å². The summed E-state index contributed by atoms with van der Waals surface area (Å²) in [6, 6.07) is 12.6. The first kappa shape index (κ1) is 30.1. The highest BCUT2D eigenvalue weighted by molar-refractivity contribution is 5.89. The van der Waals surface area contributed by atoms with E-state index in [4.69, 9.17) is 34.2 Å². The SMILES string of the molecule is COC(=O)[C@@](N)(CCOC(=O)c1ccccc1)Cc1ccc(OC(=O)OC(C)C)c(OC(=O)OC(C)C)c1. The van der Waals surface area contributed by atoms with E-state index in [1.54, 1.807) is 58.0 Å². The summed E-state index contributed by atoms with van der Waals surface area (Å²) in [7, 11) is 1.19. The predicted molar refractivity (Wildman–Crippen MR) is 135 cm³/mol. The molecule has 0 saturated heterocycles. The van der Waals surface area contributed by atoms with Gasteiger partial charge >= 0.3 is 24.2 Å². The zero-order chi connectivity index (χ0) is 28.3. The van der Waals surface area contributed by atoms with Crippen LogP contribution in [0.4, 0.5) is 9.59 Å². The van der Waals surface area contributed by atoms with E-state index in [1.807, 2.05) is 0 Å². The molecule has 0 unspecified atom stereocenters. The van der Waals surface area contributed by atoms with Crippen molar-refractivity contribution in [3.63, 3.8) is 0 Å². The van der Waals surface area contributed by atoms with Gasteiger partial charge < -0.3 is 34.2 Å². The Morgan fingerprint density at radius 3 is 1.97 bits per heavy atom. The Bertz CT molecular complexity index is 1120. The quantitative estimate of drug-likeness (QED) is 0.252. The highest BCUT2D eigenvalue weighted by Gasteiger charge is 2.36. The third kappa shape index (κ3) is 9.40. The van der Waals surface area contributed by atoms with Crippen LogP contribution in [0.3, 0.4) is 0 Å². The third-order valence-electron chi connectivity index (χ3n) is 4.96. The van der Waals surface area contributed by atoms with Gasteiger partial charge in [-0.05, 0) is 57.5 Å². The normalized spacial score (nSPS) is 12.3. The summed E-state index contributed by atoms with van der Waals surface area (Å²) in [5.41, 5.74) is 5.59. The van der Waals surface area contributed by atoms with E-state index in [0.717, 1.165) is 0 Å². The van der Waals surface area contributed by atoms with Crippen LogP contribution in [0.1, 0.15) is 50.0 Å². The first-order valence-corrected chi connectivity index (χ1v) is 11.9. The summed E-state index contributed by atoms with van der Waals surface area (Å²) < 4.78 is 30.6. The van der Waals surface area contributed by atoms with Crippen molar-refractivity contribution < 1.29 is 47.6 Å². The van der Waals surface area contributed by atoms with Gasteiger partial charge in [-0.1, -0.05) is 24.3 Å². The van der Waals surface area contributed by atoms with Gasteiger partial charge in [-0.25, -0.2) is 14.4 Å². The van der Waals surface area contributed by atoms with Gasteiger partial charge in [0.25, 0.3) is 0 Å². The fourth-order valence-electron chi connectivity index (χ4n) is 3.25. The van der Waals surface area contributed by atoms with Crippen molar-refractivity contribution >= 4 is 24.2 Å². The number of carbonyl (C=O) groups is 4. The van der Waals surface area contributed by atoms with E-state index < -0.39 is 42.0 Å². The molecule has 0 aliphatic carbocycles. The highest BCUT2D eigenvalue weighted by atomic mass is 16.7. The van der Waals surface area contributed by atoms with Gasteiger partial charge in [0.05, 0.1) is 31.5 Å². The van der Waals surface area contributed by atoms with E-state index in [0.29, 0.717) is 11.1 Å². The Labute approximate surface area is 221 Å². The van der Waals surface area contributed by atoms with Crippen LogP contribution in [0.5, 0.6) is 11.5 Å². The summed E-state index contributed by atoms with van der Waals surface area (Å²) in [4.78, 5) is 49.0. The van der Waals surface area contributed by atoms with Crippen LogP contribution in [-0.4, -0.2) is 55.7 Å². The standard InChI is InChI=1S/C27H33NO10/c1-17(2)35-25(31)37-21-12-11-19(15-22(21)38-26(32)36-18(3)4)16-27(28,24(30)33-5)13-14-34-23(29)20-9-7-6-8-10-20/h6-12,15,17-18H,13-14,16,28H2,1-5H3/t27-/m1/s1. The van der Waals surface area contributed by atoms with Gasteiger partial charge in [-0.2, -0.15) is 0 Å². The minimum Gasteiger partial charge on any atom is -0.468 e. The zero-order valence-electron chi connectivity index (χ0n) is 22.1. The van der Waals surface area contributed by atoms with Crippen molar-refractivity contribution in [1.29, 1.82) is 0 Å². The molecule has 2 N–H and O–H groups in total. The summed E-state index contributed by atoms with van der Waals surface area (Å²) in [5, 5.41) is 0. The molecule has 2 aromatic rings. The largest absolute Gasteiger partial charge is 0.514 e. The second-order valence-corrected chi connectivity index (χ2v) is 8.89. The van der Waals surface area contributed by atoms with Gasteiger partial charge in [0, 0.05) is 12.8 Å². The number of methoxy groups -OCH3 is 1. The molecule has 0 aliphatic heterocycles.